The minimum absolute atomic E-state index is 0.245. The molecule has 1 radical (unpaired) electrons. The number of hydrogen-bond donors (Lipinski definition) is 0. The predicted octanol–water partition coefficient (Wildman–Crippen LogP) is 0.245. The third-order valence-corrected chi connectivity index (χ3v) is 0.639. The van der Waals surface area contributed by atoms with Crippen molar-refractivity contribution < 1.29 is 14.4 Å². The molecule has 0 aromatic carbocycles. The second kappa shape index (κ2) is 1.65. The minimum atomic E-state index is -1.34. The molecule has 0 fully saturated rings. The van der Waals surface area contributed by atoms with Crippen LogP contribution in [0.3, 0.4) is 0 Å². The molecule has 0 bridgehead atoms. The van der Waals surface area contributed by atoms with Gasteiger partial charge in [-0.25, -0.2) is 9.90 Å². The largest absolute Gasteiger partial charge is 0.424 e. The van der Waals surface area contributed by atoms with Gasteiger partial charge in [0.1, 0.15) is 0 Å². The molecule has 1 rings (SSSR count). The maximum atomic E-state index is 9.82. The molecule has 0 saturated carbocycles. The Bertz CT molecular complexity index is 179. The van der Waals surface area contributed by atoms with E-state index in [4.69, 9.17) is 0 Å². The van der Waals surface area contributed by atoms with Gasteiger partial charge in [-0.15, -0.1) is 0 Å². The second-order valence-corrected chi connectivity index (χ2v) is 1.16. The quantitative estimate of drug-likeness (QED) is 0.522. The summed E-state index contributed by atoms with van der Waals surface area (Å²) in [6.07, 6.45) is 1.24. The average Bonchev–Trinajstić information content (AvgIpc) is 2.12. The highest BCUT2D eigenvalue weighted by atomic mass is 16.5. The van der Waals surface area contributed by atoms with E-state index in [0.29, 0.717) is 0 Å². The fourth-order valence-electron chi connectivity index (χ4n) is 0.321. The second-order valence-electron chi connectivity index (χ2n) is 1.16. The van der Waals surface area contributed by atoms with Crippen LogP contribution < -0.4 is 0 Å². The van der Waals surface area contributed by atoms with E-state index >= 15 is 0 Å². The van der Waals surface area contributed by atoms with E-state index < -0.39 is 5.97 Å². The lowest BCUT2D eigenvalue weighted by atomic mass is 10.5. The Morgan fingerprint density at radius 3 is 2.75 bits per heavy atom. The van der Waals surface area contributed by atoms with E-state index in [1.54, 1.807) is 0 Å². The zero-order chi connectivity index (χ0) is 5.98. The maximum absolute atomic E-state index is 9.82. The first-order valence-corrected chi connectivity index (χ1v) is 1.93. The molecule has 0 amide bonds. The maximum Gasteiger partial charge on any atom is 0.424 e. The van der Waals surface area contributed by atoms with Crippen molar-refractivity contribution >= 4 is 5.97 Å². The minimum Gasteiger partial charge on any atom is -0.349 e. The molecule has 0 aliphatic rings. The monoisotopic (exact) mass is 112 g/mol. The van der Waals surface area contributed by atoms with E-state index in [1.165, 1.54) is 12.3 Å². The summed E-state index contributed by atoms with van der Waals surface area (Å²) in [6, 6.07) is 1.22. The average molecular weight is 112 g/mol. The molecule has 1 heterocycles. The summed E-state index contributed by atoms with van der Waals surface area (Å²) in [7, 11) is 0. The number of aromatic nitrogens is 1. The molecule has 0 atom stereocenters. The highest BCUT2D eigenvalue weighted by Gasteiger charge is 2.06. The van der Waals surface area contributed by atoms with Crippen LogP contribution in [0.4, 0.5) is 0 Å². The van der Waals surface area contributed by atoms with Crippen LogP contribution in [0, 0.1) is 0 Å². The first kappa shape index (κ1) is 4.83. The molecular weight excluding hydrogens is 110 g/mol. The normalized spacial score (nSPS) is 9.00. The summed E-state index contributed by atoms with van der Waals surface area (Å²) < 4.78 is 4.18. The summed E-state index contributed by atoms with van der Waals surface area (Å²) >= 11 is 0. The molecule has 0 aliphatic carbocycles. The van der Waals surface area contributed by atoms with Gasteiger partial charge in [-0.05, 0) is 0 Å². The Balaban J connectivity index is 2.93. The van der Waals surface area contributed by atoms with Gasteiger partial charge >= 0.3 is 5.97 Å². The highest BCUT2D eigenvalue weighted by molar-refractivity contribution is 5.83. The van der Waals surface area contributed by atoms with Crippen molar-refractivity contribution in [2.24, 2.45) is 0 Å². The van der Waals surface area contributed by atoms with Crippen LogP contribution in [-0.2, 0) is 5.11 Å². The van der Waals surface area contributed by atoms with E-state index in [0.717, 1.165) is 0 Å². The summed E-state index contributed by atoms with van der Waals surface area (Å²) in [6.45, 7) is 0. The number of carbonyl (C=O) groups excluding carboxylic acids is 1. The van der Waals surface area contributed by atoms with Crippen molar-refractivity contribution in [2.75, 3.05) is 0 Å². The zero-order valence-corrected chi connectivity index (χ0v) is 3.83. The summed E-state index contributed by atoms with van der Waals surface area (Å²) in [5.74, 6) is -1.59. The number of hydrogen-bond acceptors (Lipinski definition) is 3. The third-order valence-electron chi connectivity index (χ3n) is 0.639. The van der Waals surface area contributed by atoms with Crippen LogP contribution in [0.15, 0.2) is 16.8 Å². The Morgan fingerprint density at radius 1 is 1.75 bits per heavy atom. The predicted molar refractivity (Wildman–Crippen MR) is 21.5 cm³/mol. The van der Waals surface area contributed by atoms with Crippen LogP contribution in [0.25, 0.3) is 0 Å². The van der Waals surface area contributed by atoms with Gasteiger partial charge in [-0.2, -0.15) is 0 Å². The smallest absolute Gasteiger partial charge is 0.349 e. The number of nitrogens with zero attached hydrogens (tertiary/aromatic N) is 1. The Morgan fingerprint density at radius 2 is 2.50 bits per heavy atom. The lowest BCUT2D eigenvalue weighted by molar-refractivity contribution is 0.0526. The van der Waals surface area contributed by atoms with E-state index in [9.17, 15) is 9.90 Å². The fraction of sp³-hybridized carbons (Fsp3) is 0. The van der Waals surface area contributed by atoms with Crippen LogP contribution in [0.1, 0.15) is 10.6 Å². The number of carbonyl (C=O) groups is 1. The first-order valence-electron chi connectivity index (χ1n) is 1.93. The van der Waals surface area contributed by atoms with Crippen LogP contribution >= 0.6 is 0 Å². The number of rotatable bonds is 1. The molecule has 0 spiro atoms. The van der Waals surface area contributed by atoms with Crippen molar-refractivity contribution in [2.45, 2.75) is 0 Å². The van der Waals surface area contributed by atoms with Gasteiger partial charge in [0.05, 0.1) is 6.20 Å². The Kier molecular flexibility index (Phi) is 0.997. The molecule has 41 valence electrons. The summed E-state index contributed by atoms with van der Waals surface area (Å²) in [5.41, 5.74) is 0. The van der Waals surface area contributed by atoms with Gasteiger partial charge in [0.25, 0.3) is 0 Å². The lowest BCUT2D eigenvalue weighted by Crippen LogP contribution is -1.88. The SMILES string of the molecule is [O]C(=O)c1ccno1. The van der Waals surface area contributed by atoms with Crippen molar-refractivity contribution in [1.82, 2.24) is 5.16 Å². The first-order chi connectivity index (χ1) is 3.80. The van der Waals surface area contributed by atoms with Crippen molar-refractivity contribution in [3.63, 3.8) is 0 Å². The lowest BCUT2D eigenvalue weighted by Gasteiger charge is -1.72. The van der Waals surface area contributed by atoms with Crippen LogP contribution in [-0.4, -0.2) is 11.1 Å². The van der Waals surface area contributed by atoms with E-state index in [-0.39, 0.29) is 5.76 Å². The molecule has 1 aromatic heterocycles. The molecule has 4 heteroatoms. The van der Waals surface area contributed by atoms with Crippen LogP contribution in [0.2, 0.25) is 0 Å². The van der Waals surface area contributed by atoms with Gasteiger partial charge in [0.2, 0.25) is 5.76 Å². The van der Waals surface area contributed by atoms with Crippen molar-refractivity contribution in [1.29, 1.82) is 0 Å². The van der Waals surface area contributed by atoms with Gasteiger partial charge in [0, 0.05) is 6.07 Å². The molecule has 1 aromatic rings. The Hall–Kier alpha value is -1.32. The van der Waals surface area contributed by atoms with Gasteiger partial charge in [-0.1, -0.05) is 5.16 Å². The molecule has 0 saturated heterocycles. The molecule has 0 N–H and O–H groups in total. The van der Waals surface area contributed by atoms with E-state index in [1.807, 2.05) is 0 Å². The van der Waals surface area contributed by atoms with E-state index in [2.05, 4.69) is 9.68 Å². The Labute approximate surface area is 44.7 Å². The van der Waals surface area contributed by atoms with Crippen molar-refractivity contribution in [3.8, 4) is 0 Å². The molecule has 0 unspecified atom stereocenters. The standard InChI is InChI=1S/C4H2NO3/c6-4(7)3-1-2-5-8-3/h1-2H. The summed E-state index contributed by atoms with van der Waals surface area (Å²) in [4.78, 5) is 9.82. The third kappa shape index (κ3) is 0.676. The van der Waals surface area contributed by atoms with Gasteiger partial charge < -0.3 is 4.52 Å². The van der Waals surface area contributed by atoms with Crippen LogP contribution in [0.5, 0.6) is 0 Å². The van der Waals surface area contributed by atoms with Crippen molar-refractivity contribution in [3.05, 3.63) is 18.0 Å². The molecule has 0 aliphatic heterocycles. The summed E-state index contributed by atoms with van der Waals surface area (Å²) in [5, 5.41) is 13.0. The molecule has 8 heavy (non-hydrogen) atoms. The molecule has 4 nitrogen and oxygen atoms in total. The zero-order valence-electron chi connectivity index (χ0n) is 3.83. The fourth-order valence-corrected chi connectivity index (χ4v) is 0.321. The van der Waals surface area contributed by atoms with Gasteiger partial charge in [-0.3, -0.25) is 0 Å². The topological polar surface area (TPSA) is 63.0 Å². The highest BCUT2D eigenvalue weighted by Crippen LogP contribution is 1.94. The molecular formula is C4H2NO3. The van der Waals surface area contributed by atoms with Gasteiger partial charge in [0.15, 0.2) is 0 Å².